The van der Waals surface area contributed by atoms with Gasteiger partial charge >= 0.3 is 0 Å². The van der Waals surface area contributed by atoms with Gasteiger partial charge in [-0.05, 0) is 74.7 Å². The highest BCUT2D eigenvalue weighted by atomic mass is 32.2. The summed E-state index contributed by atoms with van der Waals surface area (Å²) in [7, 11) is -3.63. The Balaban J connectivity index is 1.85. The first-order valence-corrected chi connectivity index (χ1v) is 15.9. The standard InChI is InChI=1S/C32H40FN3O5S/c1-5-41-29-19-17-28(18-20-29)36(42(4,39)40)21-9-12-31(37)35(23-26-13-15-27(33)16-14-26)30(32(38)34-24(2)3)22-25-10-7-6-8-11-25/h6-8,10-11,13-20,24,30H,5,9,12,21-23H2,1-4H3,(H,34,38)/t30-/m1/s1. The number of amides is 2. The van der Waals surface area contributed by atoms with E-state index in [1.54, 1.807) is 36.4 Å². The lowest BCUT2D eigenvalue weighted by Crippen LogP contribution is -2.51. The van der Waals surface area contributed by atoms with Gasteiger partial charge in [-0.2, -0.15) is 0 Å². The molecular weight excluding hydrogens is 557 g/mol. The van der Waals surface area contributed by atoms with Gasteiger partial charge in [0.1, 0.15) is 17.6 Å². The topological polar surface area (TPSA) is 96.0 Å². The van der Waals surface area contributed by atoms with Crippen LogP contribution in [0.4, 0.5) is 10.1 Å². The van der Waals surface area contributed by atoms with E-state index in [0.717, 1.165) is 11.8 Å². The second kappa shape index (κ2) is 15.3. The van der Waals surface area contributed by atoms with Crippen molar-refractivity contribution in [3.63, 3.8) is 0 Å². The number of nitrogens with one attached hydrogen (secondary N) is 1. The third-order valence-electron chi connectivity index (χ3n) is 6.56. The number of carbonyl (C=O) groups excluding carboxylic acids is 2. The lowest BCUT2D eigenvalue weighted by molar-refractivity contribution is -0.141. The molecule has 2 amide bonds. The molecule has 0 aromatic heterocycles. The van der Waals surface area contributed by atoms with E-state index < -0.39 is 21.9 Å². The zero-order chi connectivity index (χ0) is 30.7. The Morgan fingerprint density at radius 1 is 0.929 bits per heavy atom. The van der Waals surface area contributed by atoms with E-state index in [2.05, 4.69) is 5.32 Å². The summed E-state index contributed by atoms with van der Waals surface area (Å²) in [5.41, 5.74) is 2.03. The fraction of sp³-hybridized carbons (Fsp3) is 0.375. The predicted molar refractivity (Wildman–Crippen MR) is 163 cm³/mol. The molecule has 226 valence electrons. The molecule has 0 spiro atoms. The summed E-state index contributed by atoms with van der Waals surface area (Å²) >= 11 is 0. The van der Waals surface area contributed by atoms with Crippen LogP contribution in [0.15, 0.2) is 78.9 Å². The Hall–Kier alpha value is -3.92. The Morgan fingerprint density at radius 2 is 1.57 bits per heavy atom. The largest absolute Gasteiger partial charge is 0.494 e. The van der Waals surface area contributed by atoms with Crippen molar-refractivity contribution in [1.29, 1.82) is 0 Å². The maximum atomic E-state index is 13.8. The molecular formula is C32H40FN3O5S. The third kappa shape index (κ3) is 9.87. The van der Waals surface area contributed by atoms with Gasteiger partial charge < -0.3 is 15.0 Å². The van der Waals surface area contributed by atoms with Crippen LogP contribution in [0.5, 0.6) is 5.75 Å². The number of sulfonamides is 1. The number of rotatable bonds is 15. The highest BCUT2D eigenvalue weighted by molar-refractivity contribution is 7.92. The summed E-state index contributed by atoms with van der Waals surface area (Å²) in [6.07, 6.45) is 1.64. The summed E-state index contributed by atoms with van der Waals surface area (Å²) in [4.78, 5) is 28.8. The van der Waals surface area contributed by atoms with Crippen LogP contribution in [0.25, 0.3) is 0 Å². The molecule has 42 heavy (non-hydrogen) atoms. The van der Waals surface area contributed by atoms with E-state index in [4.69, 9.17) is 4.74 Å². The van der Waals surface area contributed by atoms with Crippen LogP contribution in [-0.2, 0) is 32.6 Å². The SMILES string of the molecule is CCOc1ccc(N(CCCC(=O)N(Cc2ccc(F)cc2)[C@H](Cc2ccccc2)C(=O)NC(C)C)S(C)(=O)=O)cc1. The molecule has 3 aromatic rings. The fourth-order valence-electron chi connectivity index (χ4n) is 4.60. The van der Waals surface area contributed by atoms with Gasteiger partial charge in [0.15, 0.2) is 0 Å². The molecule has 0 saturated carbocycles. The molecule has 1 atom stereocenters. The second-order valence-electron chi connectivity index (χ2n) is 10.4. The van der Waals surface area contributed by atoms with E-state index in [1.165, 1.54) is 21.3 Å². The lowest BCUT2D eigenvalue weighted by atomic mass is 10.0. The normalized spacial score (nSPS) is 12.0. The maximum Gasteiger partial charge on any atom is 0.243 e. The van der Waals surface area contributed by atoms with Crippen molar-refractivity contribution in [2.75, 3.05) is 23.7 Å². The van der Waals surface area contributed by atoms with Crippen molar-refractivity contribution < 1.29 is 27.1 Å². The zero-order valence-electron chi connectivity index (χ0n) is 24.6. The number of nitrogens with zero attached hydrogens (tertiary/aromatic N) is 2. The summed E-state index contributed by atoms with van der Waals surface area (Å²) in [5.74, 6) is -0.369. The Bertz CT molecular complexity index is 1400. The quantitative estimate of drug-likeness (QED) is 0.268. The van der Waals surface area contributed by atoms with Crippen molar-refractivity contribution in [3.8, 4) is 5.75 Å². The number of ether oxygens (including phenoxy) is 1. The second-order valence-corrected chi connectivity index (χ2v) is 12.3. The fourth-order valence-corrected chi connectivity index (χ4v) is 5.57. The molecule has 0 aliphatic heterocycles. The van der Waals surface area contributed by atoms with Crippen LogP contribution < -0.4 is 14.4 Å². The first-order valence-electron chi connectivity index (χ1n) is 14.1. The smallest absolute Gasteiger partial charge is 0.243 e. The predicted octanol–water partition coefficient (Wildman–Crippen LogP) is 4.94. The van der Waals surface area contributed by atoms with Gasteiger partial charge in [0.25, 0.3) is 0 Å². The van der Waals surface area contributed by atoms with E-state index >= 15 is 0 Å². The minimum absolute atomic E-state index is 0.00446. The van der Waals surface area contributed by atoms with E-state index in [1.807, 2.05) is 51.1 Å². The van der Waals surface area contributed by atoms with E-state index in [9.17, 15) is 22.4 Å². The summed E-state index contributed by atoms with van der Waals surface area (Å²) < 4.78 is 45.6. The third-order valence-corrected chi connectivity index (χ3v) is 7.75. The number of hydrogen-bond donors (Lipinski definition) is 1. The summed E-state index contributed by atoms with van der Waals surface area (Å²) in [6.45, 7) is 6.23. The van der Waals surface area contributed by atoms with Gasteiger partial charge in [-0.15, -0.1) is 0 Å². The van der Waals surface area contributed by atoms with Crippen LogP contribution in [0, 0.1) is 5.82 Å². The van der Waals surface area contributed by atoms with Gasteiger partial charge in [-0.1, -0.05) is 42.5 Å². The number of carbonyl (C=O) groups is 2. The van der Waals surface area contributed by atoms with Crippen LogP contribution in [0.2, 0.25) is 0 Å². The van der Waals surface area contributed by atoms with E-state index in [0.29, 0.717) is 23.6 Å². The highest BCUT2D eigenvalue weighted by Gasteiger charge is 2.31. The number of anilines is 1. The molecule has 3 aromatic carbocycles. The minimum atomic E-state index is -3.63. The molecule has 0 radical (unpaired) electrons. The molecule has 10 heteroatoms. The molecule has 0 saturated heterocycles. The first-order chi connectivity index (χ1) is 20.0. The number of hydrogen-bond acceptors (Lipinski definition) is 5. The van der Waals surface area contributed by atoms with Crippen LogP contribution in [-0.4, -0.2) is 56.6 Å². The average molecular weight is 598 g/mol. The van der Waals surface area contributed by atoms with Gasteiger partial charge in [-0.25, -0.2) is 12.8 Å². The Kier molecular flexibility index (Phi) is 11.9. The van der Waals surface area contributed by atoms with Crippen molar-refractivity contribution in [1.82, 2.24) is 10.2 Å². The van der Waals surface area contributed by atoms with E-state index in [-0.39, 0.29) is 50.2 Å². The van der Waals surface area contributed by atoms with Crippen LogP contribution in [0.3, 0.4) is 0 Å². The molecule has 0 heterocycles. The zero-order valence-corrected chi connectivity index (χ0v) is 25.4. The van der Waals surface area contributed by atoms with Crippen molar-refractivity contribution in [3.05, 3.63) is 95.8 Å². The number of benzene rings is 3. The average Bonchev–Trinajstić information content (AvgIpc) is 2.94. The summed E-state index contributed by atoms with van der Waals surface area (Å²) in [5, 5.41) is 2.93. The minimum Gasteiger partial charge on any atom is -0.494 e. The molecule has 0 bridgehead atoms. The molecule has 3 rings (SSSR count). The molecule has 0 aliphatic rings. The van der Waals surface area contributed by atoms with Crippen molar-refractivity contribution in [2.24, 2.45) is 0 Å². The van der Waals surface area contributed by atoms with Gasteiger partial charge in [0.2, 0.25) is 21.8 Å². The molecule has 1 N–H and O–H groups in total. The van der Waals surface area contributed by atoms with Crippen LogP contribution >= 0.6 is 0 Å². The monoisotopic (exact) mass is 597 g/mol. The summed E-state index contributed by atoms with van der Waals surface area (Å²) in [6, 6.07) is 21.0. The number of halogens is 1. The molecule has 0 aliphatic carbocycles. The maximum absolute atomic E-state index is 13.8. The Morgan fingerprint density at radius 3 is 2.14 bits per heavy atom. The Labute approximate surface area is 248 Å². The van der Waals surface area contributed by atoms with Crippen molar-refractivity contribution in [2.45, 2.75) is 58.7 Å². The van der Waals surface area contributed by atoms with Gasteiger partial charge in [-0.3, -0.25) is 13.9 Å². The lowest BCUT2D eigenvalue weighted by Gasteiger charge is -2.32. The molecule has 0 fully saturated rings. The highest BCUT2D eigenvalue weighted by Crippen LogP contribution is 2.23. The van der Waals surface area contributed by atoms with Crippen LogP contribution in [0.1, 0.15) is 44.7 Å². The molecule has 0 unspecified atom stereocenters. The van der Waals surface area contributed by atoms with Gasteiger partial charge in [0.05, 0.1) is 18.6 Å². The van der Waals surface area contributed by atoms with Crippen molar-refractivity contribution >= 4 is 27.5 Å². The molecule has 8 nitrogen and oxygen atoms in total. The first kappa shape index (κ1) is 32.6. The van der Waals surface area contributed by atoms with Gasteiger partial charge in [0, 0.05) is 32.0 Å².